The lowest BCUT2D eigenvalue weighted by Crippen LogP contribution is -2.34. The van der Waals surface area contributed by atoms with Gasteiger partial charge in [-0.15, -0.1) is 0 Å². The largest absolute Gasteiger partial charge is 0.494 e. The average Bonchev–Trinajstić information content (AvgIpc) is 2.62. The Morgan fingerprint density at radius 1 is 1.08 bits per heavy atom. The molecular weight excluding hydrogens is 391 g/mol. The lowest BCUT2D eigenvalue weighted by molar-refractivity contribution is 0.0977. The number of anilines is 1. The highest BCUT2D eigenvalue weighted by Crippen LogP contribution is 2.24. The third kappa shape index (κ3) is 6.48. The van der Waals surface area contributed by atoms with E-state index in [4.69, 9.17) is 40.2 Å². The first kappa shape index (κ1) is 20.5. The summed E-state index contributed by atoms with van der Waals surface area (Å²) in [6.45, 7) is 2.82. The molecule has 0 saturated carbocycles. The molecule has 0 atom stereocenters. The van der Waals surface area contributed by atoms with Crippen LogP contribution in [0.2, 0.25) is 10.0 Å². The van der Waals surface area contributed by atoms with E-state index in [-0.39, 0.29) is 11.0 Å². The fourth-order valence-corrected chi connectivity index (χ4v) is 2.66. The molecule has 1 amide bonds. The molecule has 138 valence electrons. The molecule has 0 fully saturated rings. The lowest BCUT2D eigenvalue weighted by atomic mass is 10.2. The molecule has 0 radical (unpaired) electrons. The molecule has 2 rings (SSSR count). The molecule has 2 aromatic carbocycles. The van der Waals surface area contributed by atoms with E-state index in [1.165, 1.54) is 0 Å². The molecule has 0 aliphatic carbocycles. The van der Waals surface area contributed by atoms with Crippen molar-refractivity contribution in [2.24, 2.45) is 0 Å². The van der Waals surface area contributed by atoms with Gasteiger partial charge in [-0.05, 0) is 61.1 Å². The second-order valence-electron chi connectivity index (χ2n) is 5.62. The number of rotatable bonds is 7. The Bertz CT molecular complexity index is 767. The van der Waals surface area contributed by atoms with Crippen LogP contribution in [-0.2, 0) is 0 Å². The topological polar surface area (TPSA) is 50.4 Å². The van der Waals surface area contributed by atoms with Crippen molar-refractivity contribution >= 4 is 52.1 Å². The number of halogens is 2. The Labute approximate surface area is 168 Å². The van der Waals surface area contributed by atoms with Gasteiger partial charge in [0, 0.05) is 11.3 Å². The van der Waals surface area contributed by atoms with Crippen molar-refractivity contribution in [3.8, 4) is 5.75 Å². The van der Waals surface area contributed by atoms with Crippen LogP contribution in [0.3, 0.4) is 0 Å². The van der Waals surface area contributed by atoms with Crippen LogP contribution in [0.1, 0.15) is 36.5 Å². The van der Waals surface area contributed by atoms with Gasteiger partial charge in [-0.3, -0.25) is 10.1 Å². The van der Waals surface area contributed by atoms with E-state index in [2.05, 4.69) is 17.6 Å². The summed E-state index contributed by atoms with van der Waals surface area (Å²) in [5.41, 5.74) is 1.13. The third-order valence-corrected chi connectivity index (χ3v) is 4.48. The number of carbonyl (C=O) groups is 1. The summed E-state index contributed by atoms with van der Waals surface area (Å²) >= 11 is 17.0. The molecule has 0 spiro atoms. The average molecular weight is 411 g/mol. The molecule has 26 heavy (non-hydrogen) atoms. The van der Waals surface area contributed by atoms with Gasteiger partial charge in [0.1, 0.15) is 5.75 Å². The maximum atomic E-state index is 12.3. The summed E-state index contributed by atoms with van der Waals surface area (Å²) in [4.78, 5) is 12.3. The van der Waals surface area contributed by atoms with Crippen molar-refractivity contribution in [1.29, 1.82) is 0 Å². The summed E-state index contributed by atoms with van der Waals surface area (Å²) in [5.74, 6) is 0.439. The molecule has 0 aliphatic heterocycles. The van der Waals surface area contributed by atoms with Crippen molar-refractivity contribution in [2.75, 3.05) is 11.9 Å². The van der Waals surface area contributed by atoms with Crippen LogP contribution in [0.25, 0.3) is 0 Å². The van der Waals surface area contributed by atoms with Crippen LogP contribution in [-0.4, -0.2) is 17.6 Å². The quantitative estimate of drug-likeness (QED) is 0.454. The summed E-state index contributed by atoms with van der Waals surface area (Å²) in [6.07, 6.45) is 3.32. The molecule has 7 heteroatoms. The minimum Gasteiger partial charge on any atom is -0.494 e. The number of amides is 1. The van der Waals surface area contributed by atoms with E-state index in [0.29, 0.717) is 27.9 Å². The minimum absolute atomic E-state index is 0.174. The minimum atomic E-state index is -0.305. The summed E-state index contributed by atoms with van der Waals surface area (Å²) < 4.78 is 5.63. The molecule has 0 bridgehead atoms. The normalized spacial score (nSPS) is 10.3. The maximum absolute atomic E-state index is 12.3. The van der Waals surface area contributed by atoms with Crippen LogP contribution in [0.15, 0.2) is 42.5 Å². The zero-order valence-corrected chi connectivity index (χ0v) is 16.7. The first-order valence-electron chi connectivity index (χ1n) is 8.30. The number of ether oxygens (including phenoxy) is 1. The number of benzene rings is 2. The maximum Gasteiger partial charge on any atom is 0.257 e. The summed E-state index contributed by atoms with van der Waals surface area (Å²) in [6, 6.07) is 11.9. The van der Waals surface area contributed by atoms with Crippen molar-refractivity contribution < 1.29 is 9.53 Å². The van der Waals surface area contributed by atoms with Crippen LogP contribution in [0, 0.1) is 0 Å². The predicted molar refractivity (Wildman–Crippen MR) is 112 cm³/mol. The smallest absolute Gasteiger partial charge is 0.257 e. The second-order valence-corrected chi connectivity index (χ2v) is 6.84. The van der Waals surface area contributed by atoms with Gasteiger partial charge in [0.2, 0.25) is 0 Å². The van der Waals surface area contributed by atoms with Crippen molar-refractivity contribution in [3.05, 3.63) is 58.1 Å². The van der Waals surface area contributed by atoms with Crippen molar-refractivity contribution in [2.45, 2.75) is 26.2 Å². The van der Waals surface area contributed by atoms with Gasteiger partial charge in [-0.2, -0.15) is 0 Å². The van der Waals surface area contributed by atoms with Gasteiger partial charge in [0.15, 0.2) is 5.11 Å². The van der Waals surface area contributed by atoms with Crippen molar-refractivity contribution in [3.63, 3.8) is 0 Å². The van der Waals surface area contributed by atoms with Crippen molar-refractivity contribution in [1.82, 2.24) is 5.32 Å². The van der Waals surface area contributed by atoms with E-state index in [9.17, 15) is 4.79 Å². The summed E-state index contributed by atoms with van der Waals surface area (Å²) in [7, 11) is 0. The number of unbranched alkanes of at least 4 members (excludes halogenated alkanes) is 2. The zero-order valence-electron chi connectivity index (χ0n) is 14.4. The Balaban J connectivity index is 1.86. The SMILES string of the molecule is CCCCCOc1ccc(C(=O)NC(=S)Nc2ccc(Cl)c(Cl)c2)cc1. The fourth-order valence-electron chi connectivity index (χ4n) is 2.16. The lowest BCUT2D eigenvalue weighted by Gasteiger charge is -2.11. The van der Waals surface area contributed by atoms with E-state index in [0.717, 1.165) is 25.0 Å². The van der Waals surface area contributed by atoms with Gasteiger partial charge in [-0.1, -0.05) is 43.0 Å². The van der Waals surface area contributed by atoms with E-state index < -0.39 is 0 Å². The first-order valence-corrected chi connectivity index (χ1v) is 9.46. The predicted octanol–water partition coefficient (Wildman–Crippen LogP) is 5.69. The van der Waals surface area contributed by atoms with Crippen LogP contribution in [0.4, 0.5) is 5.69 Å². The molecule has 2 N–H and O–H groups in total. The van der Waals surface area contributed by atoms with E-state index in [1.54, 1.807) is 42.5 Å². The monoisotopic (exact) mass is 410 g/mol. The van der Waals surface area contributed by atoms with E-state index >= 15 is 0 Å². The Morgan fingerprint density at radius 3 is 2.46 bits per heavy atom. The van der Waals surface area contributed by atoms with Gasteiger partial charge in [-0.25, -0.2) is 0 Å². The Hall–Kier alpha value is -1.82. The highest BCUT2D eigenvalue weighted by molar-refractivity contribution is 7.80. The molecule has 4 nitrogen and oxygen atoms in total. The molecule has 0 aromatic heterocycles. The Kier molecular flexibility index (Phi) is 8.16. The highest BCUT2D eigenvalue weighted by Gasteiger charge is 2.09. The standard InChI is InChI=1S/C19H20Cl2N2O2S/c1-2-3-4-11-25-15-8-5-13(6-9-15)18(24)23-19(26)22-14-7-10-16(20)17(21)12-14/h5-10,12H,2-4,11H2,1H3,(H2,22,23,24,26). The number of carbonyl (C=O) groups excluding carboxylic acids is 1. The second kappa shape index (κ2) is 10.4. The molecule has 0 aliphatic rings. The van der Waals surface area contributed by atoms with Crippen LogP contribution >= 0.6 is 35.4 Å². The zero-order chi connectivity index (χ0) is 18.9. The van der Waals surface area contributed by atoms with Gasteiger partial charge >= 0.3 is 0 Å². The molecule has 0 unspecified atom stereocenters. The van der Waals surface area contributed by atoms with Gasteiger partial charge in [0.25, 0.3) is 5.91 Å². The van der Waals surface area contributed by atoms with Gasteiger partial charge < -0.3 is 10.1 Å². The number of nitrogens with one attached hydrogen (secondary N) is 2. The number of hydrogen-bond donors (Lipinski definition) is 2. The van der Waals surface area contributed by atoms with E-state index in [1.807, 2.05) is 0 Å². The third-order valence-electron chi connectivity index (χ3n) is 3.54. The molecule has 2 aromatic rings. The van der Waals surface area contributed by atoms with Crippen LogP contribution in [0.5, 0.6) is 5.75 Å². The Morgan fingerprint density at radius 2 is 1.81 bits per heavy atom. The molecule has 0 heterocycles. The molecular formula is C19H20Cl2N2O2S. The number of hydrogen-bond acceptors (Lipinski definition) is 3. The molecule has 0 saturated heterocycles. The first-order chi connectivity index (χ1) is 12.5. The summed E-state index contributed by atoms with van der Waals surface area (Å²) in [5, 5.41) is 6.54. The number of thiocarbonyl (C=S) groups is 1. The van der Waals surface area contributed by atoms with Crippen LogP contribution < -0.4 is 15.4 Å². The highest BCUT2D eigenvalue weighted by atomic mass is 35.5. The fraction of sp³-hybridized carbons (Fsp3) is 0.263. The van der Waals surface area contributed by atoms with Gasteiger partial charge in [0.05, 0.1) is 16.7 Å².